The number of aromatic nitrogens is 2. The molecule has 2 rings (SSSR count). The number of nitrogens with zero attached hydrogens (tertiary/aromatic N) is 2. The van der Waals surface area contributed by atoms with Gasteiger partial charge >= 0.3 is 0 Å². The van der Waals surface area contributed by atoms with Gasteiger partial charge in [0.05, 0.1) is 18.1 Å². The lowest BCUT2D eigenvalue weighted by molar-refractivity contribution is 0.340. The quantitative estimate of drug-likeness (QED) is 0.857. The molecule has 0 aliphatic heterocycles. The molecule has 1 aromatic carbocycles. The van der Waals surface area contributed by atoms with Crippen LogP contribution in [-0.2, 0) is 5.75 Å². The van der Waals surface area contributed by atoms with Crippen molar-refractivity contribution in [2.45, 2.75) is 19.6 Å². The summed E-state index contributed by atoms with van der Waals surface area (Å²) in [6, 6.07) is 9.90. The second kappa shape index (κ2) is 5.87. The summed E-state index contributed by atoms with van der Waals surface area (Å²) in [5.41, 5.74) is 2.94. The number of thiol groups is 1. The minimum Gasteiger partial charge on any atom is -0.494 e. The standard InChI is InChI=1S/C14H16N2OS/c1-3-17-12-6-4-11(5-7-12)13-8-10(2)15-14(9-18)16-13/h4-8,18H,3,9H2,1-2H3. The lowest BCUT2D eigenvalue weighted by Crippen LogP contribution is -1.97. The fourth-order valence-corrected chi connectivity index (χ4v) is 1.88. The molecule has 0 saturated heterocycles. The molecule has 0 bridgehead atoms. The zero-order valence-electron chi connectivity index (χ0n) is 10.6. The Kier molecular flexibility index (Phi) is 4.20. The Morgan fingerprint density at radius 1 is 1.17 bits per heavy atom. The molecule has 18 heavy (non-hydrogen) atoms. The van der Waals surface area contributed by atoms with Gasteiger partial charge in [0.2, 0.25) is 0 Å². The smallest absolute Gasteiger partial charge is 0.138 e. The first-order valence-electron chi connectivity index (χ1n) is 5.91. The zero-order chi connectivity index (χ0) is 13.0. The Morgan fingerprint density at radius 3 is 2.50 bits per heavy atom. The predicted octanol–water partition coefficient (Wildman–Crippen LogP) is 3.28. The van der Waals surface area contributed by atoms with E-state index in [-0.39, 0.29) is 0 Å². The van der Waals surface area contributed by atoms with E-state index in [1.54, 1.807) is 0 Å². The molecule has 0 fully saturated rings. The molecule has 2 aromatic rings. The highest BCUT2D eigenvalue weighted by Gasteiger charge is 2.04. The molecule has 0 radical (unpaired) electrons. The number of benzene rings is 1. The summed E-state index contributed by atoms with van der Waals surface area (Å²) in [7, 11) is 0. The van der Waals surface area contributed by atoms with Crippen molar-refractivity contribution in [3.8, 4) is 17.0 Å². The van der Waals surface area contributed by atoms with E-state index in [4.69, 9.17) is 4.74 Å². The van der Waals surface area contributed by atoms with Crippen LogP contribution in [0.15, 0.2) is 30.3 Å². The van der Waals surface area contributed by atoms with Crippen molar-refractivity contribution < 1.29 is 4.74 Å². The molecule has 0 aliphatic carbocycles. The van der Waals surface area contributed by atoms with E-state index in [0.29, 0.717) is 12.4 Å². The molecule has 3 nitrogen and oxygen atoms in total. The molecular formula is C14H16N2OS. The van der Waals surface area contributed by atoms with Gasteiger partial charge in [-0.2, -0.15) is 12.6 Å². The van der Waals surface area contributed by atoms with Gasteiger partial charge in [-0.05, 0) is 44.2 Å². The van der Waals surface area contributed by atoms with Gasteiger partial charge in [-0.3, -0.25) is 0 Å². The summed E-state index contributed by atoms with van der Waals surface area (Å²) in [5, 5.41) is 0. The number of hydrogen-bond donors (Lipinski definition) is 1. The molecule has 0 aliphatic rings. The van der Waals surface area contributed by atoms with Gasteiger partial charge in [-0.25, -0.2) is 9.97 Å². The third-order valence-electron chi connectivity index (χ3n) is 2.50. The van der Waals surface area contributed by atoms with Crippen LogP contribution in [0.1, 0.15) is 18.4 Å². The van der Waals surface area contributed by atoms with Crippen molar-refractivity contribution in [3.63, 3.8) is 0 Å². The molecule has 0 spiro atoms. The van der Waals surface area contributed by atoms with Crippen LogP contribution >= 0.6 is 12.6 Å². The minimum atomic E-state index is 0.547. The Morgan fingerprint density at radius 2 is 1.89 bits per heavy atom. The number of aryl methyl sites for hydroxylation is 1. The summed E-state index contributed by atoms with van der Waals surface area (Å²) >= 11 is 4.22. The summed E-state index contributed by atoms with van der Waals surface area (Å²) < 4.78 is 5.42. The van der Waals surface area contributed by atoms with E-state index in [0.717, 1.165) is 28.5 Å². The lowest BCUT2D eigenvalue weighted by atomic mass is 10.1. The number of rotatable bonds is 4. The summed E-state index contributed by atoms with van der Waals surface area (Å²) in [5.74, 6) is 2.18. The largest absolute Gasteiger partial charge is 0.494 e. The maximum absolute atomic E-state index is 5.42. The Labute approximate surface area is 113 Å². The molecular weight excluding hydrogens is 244 g/mol. The molecule has 0 saturated carbocycles. The fraction of sp³-hybridized carbons (Fsp3) is 0.286. The van der Waals surface area contributed by atoms with Crippen LogP contribution in [0.2, 0.25) is 0 Å². The van der Waals surface area contributed by atoms with Gasteiger partial charge in [-0.15, -0.1) is 0 Å². The lowest BCUT2D eigenvalue weighted by Gasteiger charge is -2.06. The van der Waals surface area contributed by atoms with Crippen molar-refractivity contribution in [1.29, 1.82) is 0 Å². The average molecular weight is 260 g/mol. The second-order valence-electron chi connectivity index (χ2n) is 3.93. The Hall–Kier alpha value is -1.55. The first kappa shape index (κ1) is 12.9. The van der Waals surface area contributed by atoms with Crippen LogP contribution in [0.25, 0.3) is 11.3 Å². The molecule has 0 unspecified atom stereocenters. The minimum absolute atomic E-state index is 0.547. The molecule has 1 heterocycles. The van der Waals surface area contributed by atoms with Crippen LogP contribution in [0.4, 0.5) is 0 Å². The van der Waals surface area contributed by atoms with Crippen LogP contribution < -0.4 is 4.74 Å². The van der Waals surface area contributed by atoms with Crippen LogP contribution in [0.3, 0.4) is 0 Å². The molecule has 94 valence electrons. The maximum atomic E-state index is 5.42. The van der Waals surface area contributed by atoms with Gasteiger partial charge in [0.15, 0.2) is 0 Å². The normalized spacial score (nSPS) is 10.4. The summed E-state index contributed by atoms with van der Waals surface area (Å²) in [4.78, 5) is 8.78. The second-order valence-corrected chi connectivity index (χ2v) is 4.24. The molecule has 0 amide bonds. The molecule has 4 heteroatoms. The molecule has 0 atom stereocenters. The van der Waals surface area contributed by atoms with Crippen LogP contribution in [0.5, 0.6) is 5.75 Å². The number of ether oxygens (including phenoxy) is 1. The van der Waals surface area contributed by atoms with E-state index in [9.17, 15) is 0 Å². The van der Waals surface area contributed by atoms with Gasteiger partial charge in [0.1, 0.15) is 11.6 Å². The van der Waals surface area contributed by atoms with Crippen molar-refractivity contribution in [2.24, 2.45) is 0 Å². The first-order chi connectivity index (χ1) is 8.72. The highest BCUT2D eigenvalue weighted by atomic mass is 32.1. The van der Waals surface area contributed by atoms with E-state index in [1.165, 1.54) is 0 Å². The van der Waals surface area contributed by atoms with E-state index >= 15 is 0 Å². The van der Waals surface area contributed by atoms with Crippen LogP contribution in [-0.4, -0.2) is 16.6 Å². The van der Waals surface area contributed by atoms with E-state index in [1.807, 2.05) is 44.2 Å². The fourth-order valence-electron chi connectivity index (χ4n) is 1.74. The van der Waals surface area contributed by atoms with Gasteiger partial charge in [-0.1, -0.05) is 0 Å². The number of hydrogen-bond acceptors (Lipinski definition) is 4. The third-order valence-corrected chi connectivity index (χ3v) is 2.79. The highest BCUT2D eigenvalue weighted by molar-refractivity contribution is 7.79. The monoisotopic (exact) mass is 260 g/mol. The first-order valence-corrected chi connectivity index (χ1v) is 6.55. The van der Waals surface area contributed by atoms with Crippen molar-refractivity contribution in [3.05, 3.63) is 41.9 Å². The topological polar surface area (TPSA) is 35.0 Å². The van der Waals surface area contributed by atoms with E-state index in [2.05, 4.69) is 22.6 Å². The highest BCUT2D eigenvalue weighted by Crippen LogP contribution is 2.21. The van der Waals surface area contributed by atoms with Gasteiger partial charge in [0.25, 0.3) is 0 Å². The van der Waals surface area contributed by atoms with E-state index < -0.39 is 0 Å². The maximum Gasteiger partial charge on any atom is 0.138 e. The summed E-state index contributed by atoms with van der Waals surface area (Å²) in [6.45, 7) is 4.61. The van der Waals surface area contributed by atoms with Gasteiger partial charge in [0, 0.05) is 11.3 Å². The molecule has 1 aromatic heterocycles. The summed E-state index contributed by atoms with van der Waals surface area (Å²) in [6.07, 6.45) is 0. The zero-order valence-corrected chi connectivity index (χ0v) is 11.4. The molecule has 0 N–H and O–H groups in total. The van der Waals surface area contributed by atoms with Crippen molar-refractivity contribution >= 4 is 12.6 Å². The van der Waals surface area contributed by atoms with Gasteiger partial charge < -0.3 is 4.74 Å². The Balaban J connectivity index is 2.33. The Bertz CT molecular complexity index is 526. The third kappa shape index (κ3) is 3.01. The predicted molar refractivity (Wildman–Crippen MR) is 76.1 cm³/mol. The van der Waals surface area contributed by atoms with Crippen LogP contribution in [0, 0.1) is 6.92 Å². The van der Waals surface area contributed by atoms with Crippen molar-refractivity contribution in [2.75, 3.05) is 6.61 Å². The average Bonchev–Trinajstić information content (AvgIpc) is 2.39. The SMILES string of the molecule is CCOc1ccc(-c2cc(C)nc(CS)n2)cc1. The van der Waals surface area contributed by atoms with Crippen molar-refractivity contribution in [1.82, 2.24) is 9.97 Å².